The van der Waals surface area contributed by atoms with E-state index in [2.05, 4.69) is 21.9 Å². The molecule has 2 heterocycles. The number of piperidine rings is 1. The molecule has 2 aromatic rings. The number of anilines is 1. The minimum absolute atomic E-state index is 0.0605. The van der Waals surface area contributed by atoms with Crippen LogP contribution in [-0.2, 0) is 16.1 Å². The van der Waals surface area contributed by atoms with E-state index in [9.17, 15) is 14.9 Å². The molecule has 2 aromatic carbocycles. The Morgan fingerprint density at radius 1 is 1.11 bits per heavy atom. The molecule has 1 amide bonds. The Morgan fingerprint density at radius 2 is 1.89 bits per heavy atom. The predicted octanol–water partition coefficient (Wildman–Crippen LogP) is 4.60. The van der Waals surface area contributed by atoms with Crippen molar-refractivity contribution in [1.29, 1.82) is 0 Å². The van der Waals surface area contributed by atoms with Gasteiger partial charge in [-0.1, -0.05) is 30.3 Å². The van der Waals surface area contributed by atoms with Crippen LogP contribution in [-0.4, -0.2) is 60.0 Å². The van der Waals surface area contributed by atoms with Crippen LogP contribution in [0.15, 0.2) is 48.5 Å². The number of amides is 1. The number of carbonyl (C=O) groups is 1. The van der Waals surface area contributed by atoms with E-state index < -0.39 is 0 Å². The van der Waals surface area contributed by atoms with Gasteiger partial charge in [0.2, 0.25) is 5.91 Å². The van der Waals surface area contributed by atoms with E-state index >= 15 is 0 Å². The van der Waals surface area contributed by atoms with Crippen LogP contribution in [0.2, 0.25) is 0 Å². The average molecular weight is 481 g/mol. The number of hydrogen-bond acceptors (Lipinski definition) is 6. The number of rotatable bonds is 8. The second-order valence-electron chi connectivity index (χ2n) is 9.33. The van der Waals surface area contributed by atoms with Gasteiger partial charge in [0.15, 0.2) is 0 Å². The van der Waals surface area contributed by atoms with Crippen molar-refractivity contribution >= 4 is 17.3 Å². The summed E-state index contributed by atoms with van der Waals surface area (Å²) in [4.78, 5) is 30.8. The van der Waals surface area contributed by atoms with Gasteiger partial charge >= 0.3 is 0 Å². The van der Waals surface area contributed by atoms with E-state index in [0.717, 1.165) is 43.6 Å². The minimum Gasteiger partial charge on any atom is -0.370 e. The number of non-ortho nitro benzene ring substituents is 1. The highest BCUT2D eigenvalue weighted by molar-refractivity contribution is 5.80. The summed E-state index contributed by atoms with van der Waals surface area (Å²) in [5.74, 6) is 0.127. The molecule has 4 rings (SSSR count). The highest BCUT2D eigenvalue weighted by Crippen LogP contribution is 2.38. The molecule has 188 valence electrons. The molecule has 0 spiro atoms. The van der Waals surface area contributed by atoms with Crippen LogP contribution in [0.1, 0.15) is 50.5 Å². The first-order valence-corrected chi connectivity index (χ1v) is 12.7. The maximum Gasteiger partial charge on any atom is 0.270 e. The zero-order chi connectivity index (χ0) is 24.8. The monoisotopic (exact) mass is 480 g/mol. The summed E-state index contributed by atoms with van der Waals surface area (Å²) in [6, 6.07) is 15.3. The molecule has 0 N–H and O–H groups in total. The van der Waals surface area contributed by atoms with Gasteiger partial charge in [-0.15, -0.1) is 0 Å². The van der Waals surface area contributed by atoms with E-state index in [0.29, 0.717) is 32.8 Å². The van der Waals surface area contributed by atoms with E-state index in [1.807, 2.05) is 43.0 Å². The average Bonchev–Trinajstić information content (AvgIpc) is 2.90. The summed E-state index contributed by atoms with van der Waals surface area (Å²) < 4.78 is 6.26. The van der Waals surface area contributed by atoms with Gasteiger partial charge in [-0.25, -0.2) is 0 Å². The zero-order valence-electron chi connectivity index (χ0n) is 20.8. The van der Waals surface area contributed by atoms with Gasteiger partial charge in [-0.3, -0.25) is 19.8 Å². The van der Waals surface area contributed by atoms with E-state index in [-0.39, 0.29) is 28.7 Å². The van der Waals surface area contributed by atoms with Gasteiger partial charge < -0.3 is 14.5 Å². The number of nitro groups is 1. The van der Waals surface area contributed by atoms with Crippen LogP contribution in [0, 0.1) is 16.0 Å². The molecule has 2 atom stereocenters. The smallest absolute Gasteiger partial charge is 0.270 e. The van der Waals surface area contributed by atoms with E-state index in [1.54, 1.807) is 12.1 Å². The molecule has 2 fully saturated rings. The molecule has 35 heavy (non-hydrogen) atoms. The number of nitrogens with zero attached hydrogens (tertiary/aromatic N) is 4. The number of benzene rings is 2. The van der Waals surface area contributed by atoms with Crippen molar-refractivity contribution in [3.63, 3.8) is 0 Å². The molecular formula is C27H36N4O4. The first kappa shape index (κ1) is 25.1. The van der Waals surface area contributed by atoms with Crippen molar-refractivity contribution in [3.05, 3.63) is 69.8 Å². The molecule has 2 aliphatic heterocycles. The first-order chi connectivity index (χ1) is 17.0. The SMILES string of the molecule is CCN(CC)C(=O)[C@H]1CCCN(c2ccc([N+](=O)[O-])cc2[C@@H]2OCCCN2Cc2ccccc2)C1. The fourth-order valence-electron chi connectivity index (χ4n) is 5.28. The third-order valence-corrected chi connectivity index (χ3v) is 7.10. The van der Waals surface area contributed by atoms with Crippen LogP contribution >= 0.6 is 0 Å². The Kier molecular flexibility index (Phi) is 8.36. The second kappa shape index (κ2) is 11.6. The normalized spacial score (nSPS) is 21.0. The van der Waals surface area contributed by atoms with E-state index in [1.165, 1.54) is 5.56 Å². The Hall–Kier alpha value is -2.97. The van der Waals surface area contributed by atoms with Crippen LogP contribution in [0.3, 0.4) is 0 Å². The van der Waals surface area contributed by atoms with Gasteiger partial charge in [0.05, 0.1) is 17.4 Å². The molecule has 0 radical (unpaired) electrons. The summed E-state index contributed by atoms with van der Waals surface area (Å²) >= 11 is 0. The number of carbonyl (C=O) groups excluding carboxylic acids is 1. The predicted molar refractivity (Wildman–Crippen MR) is 136 cm³/mol. The largest absolute Gasteiger partial charge is 0.370 e. The lowest BCUT2D eigenvalue weighted by molar-refractivity contribution is -0.385. The molecule has 0 saturated carbocycles. The van der Waals surface area contributed by atoms with Gasteiger partial charge in [-0.05, 0) is 44.7 Å². The summed E-state index contributed by atoms with van der Waals surface area (Å²) in [7, 11) is 0. The molecule has 8 heteroatoms. The quantitative estimate of drug-likeness (QED) is 0.406. The maximum atomic E-state index is 13.1. The Balaban J connectivity index is 1.65. The Labute approximate surface area is 207 Å². The molecule has 0 bridgehead atoms. The lowest BCUT2D eigenvalue weighted by Gasteiger charge is -2.40. The molecule has 0 aromatic heterocycles. The molecule has 0 unspecified atom stereocenters. The Bertz CT molecular complexity index is 1010. The van der Waals surface area contributed by atoms with Gasteiger partial charge in [0.25, 0.3) is 5.69 Å². The molecule has 0 aliphatic carbocycles. The summed E-state index contributed by atoms with van der Waals surface area (Å²) in [6.45, 7) is 9.04. The third kappa shape index (κ3) is 5.82. The van der Waals surface area contributed by atoms with Crippen LogP contribution < -0.4 is 4.90 Å². The Morgan fingerprint density at radius 3 is 2.60 bits per heavy atom. The standard InChI is InChI=1S/C27H36N4O4/c1-3-28(4-2)26(32)22-12-8-15-29(20-22)25-14-13-23(31(33)34)18-24(25)27-30(16-9-17-35-27)19-21-10-6-5-7-11-21/h5-7,10-11,13-14,18,22,27H,3-4,8-9,12,15-17,19-20H2,1-2H3/t22-,27-/m0/s1. The van der Waals surface area contributed by atoms with Crippen molar-refractivity contribution in [2.75, 3.05) is 44.2 Å². The van der Waals surface area contributed by atoms with Crippen molar-refractivity contribution in [2.24, 2.45) is 5.92 Å². The fourth-order valence-corrected chi connectivity index (χ4v) is 5.28. The topological polar surface area (TPSA) is 79.2 Å². The van der Waals surface area contributed by atoms with Crippen molar-refractivity contribution < 1.29 is 14.5 Å². The van der Waals surface area contributed by atoms with Crippen molar-refractivity contribution in [1.82, 2.24) is 9.80 Å². The summed E-state index contributed by atoms with van der Waals surface area (Å²) in [6.07, 6.45) is 2.32. The molecular weight excluding hydrogens is 444 g/mol. The second-order valence-corrected chi connectivity index (χ2v) is 9.33. The van der Waals surface area contributed by atoms with Crippen LogP contribution in [0.25, 0.3) is 0 Å². The van der Waals surface area contributed by atoms with E-state index in [4.69, 9.17) is 4.74 Å². The zero-order valence-corrected chi connectivity index (χ0v) is 20.8. The minimum atomic E-state index is -0.377. The third-order valence-electron chi connectivity index (χ3n) is 7.10. The van der Waals surface area contributed by atoms with Gasteiger partial charge in [0.1, 0.15) is 6.23 Å². The van der Waals surface area contributed by atoms with Crippen LogP contribution in [0.5, 0.6) is 0 Å². The number of nitro benzene ring substituents is 1. The number of ether oxygens (including phenoxy) is 1. The fraction of sp³-hybridized carbons (Fsp3) is 0.519. The molecule has 2 saturated heterocycles. The summed E-state index contributed by atoms with van der Waals surface area (Å²) in [5.41, 5.74) is 2.98. The molecule has 2 aliphatic rings. The van der Waals surface area contributed by atoms with Crippen molar-refractivity contribution in [2.45, 2.75) is 45.9 Å². The van der Waals surface area contributed by atoms with Crippen molar-refractivity contribution in [3.8, 4) is 0 Å². The van der Waals surface area contributed by atoms with Crippen LogP contribution in [0.4, 0.5) is 11.4 Å². The van der Waals surface area contributed by atoms with Gasteiger partial charge in [-0.2, -0.15) is 0 Å². The lowest BCUT2D eigenvalue weighted by atomic mass is 9.94. The first-order valence-electron chi connectivity index (χ1n) is 12.7. The highest BCUT2D eigenvalue weighted by Gasteiger charge is 2.33. The number of hydrogen-bond donors (Lipinski definition) is 0. The maximum absolute atomic E-state index is 13.1. The highest BCUT2D eigenvalue weighted by atomic mass is 16.6. The van der Waals surface area contributed by atoms with Gasteiger partial charge in [0, 0.05) is 62.7 Å². The lowest BCUT2D eigenvalue weighted by Crippen LogP contribution is -2.45. The summed E-state index contributed by atoms with van der Waals surface area (Å²) in [5, 5.41) is 11.7. The molecule has 8 nitrogen and oxygen atoms in total.